The number of benzene rings is 1. The minimum Gasteiger partial charge on any atom is -0.493 e. The van der Waals surface area contributed by atoms with Gasteiger partial charge in [0.05, 0.1) is 25.2 Å². The van der Waals surface area contributed by atoms with Crippen molar-refractivity contribution >= 4 is 16.9 Å². The van der Waals surface area contributed by atoms with Crippen LogP contribution in [0, 0.1) is 0 Å². The summed E-state index contributed by atoms with van der Waals surface area (Å²) in [6.45, 7) is 5.00. The fourth-order valence-corrected chi connectivity index (χ4v) is 4.18. The van der Waals surface area contributed by atoms with E-state index in [4.69, 9.17) is 9.47 Å². The third-order valence-corrected chi connectivity index (χ3v) is 6.13. The lowest BCUT2D eigenvalue weighted by molar-refractivity contribution is 0.0754. The second-order valence-electron chi connectivity index (χ2n) is 8.49. The van der Waals surface area contributed by atoms with Crippen LogP contribution in [0.4, 0.5) is 0 Å². The lowest BCUT2D eigenvalue weighted by Crippen LogP contribution is -2.35. The number of nitrogens with zero attached hydrogens (tertiary/aromatic N) is 3. The molecule has 0 bridgehead atoms. The van der Waals surface area contributed by atoms with Gasteiger partial charge in [-0.2, -0.15) is 0 Å². The maximum absolute atomic E-state index is 13.8. The van der Waals surface area contributed by atoms with Crippen LogP contribution in [0.1, 0.15) is 60.6 Å². The quantitative estimate of drug-likeness (QED) is 0.520. The maximum Gasteiger partial charge on any atom is 0.329 e. The van der Waals surface area contributed by atoms with Crippen molar-refractivity contribution in [1.82, 2.24) is 19.4 Å². The Kier molecular flexibility index (Phi) is 6.72. The number of hydrogen-bond donors (Lipinski definition) is 1. The Morgan fingerprint density at radius 3 is 2.50 bits per heavy atom. The van der Waals surface area contributed by atoms with E-state index in [0.717, 1.165) is 24.1 Å². The first-order valence-electron chi connectivity index (χ1n) is 11.6. The molecule has 1 aliphatic carbocycles. The molecule has 1 amide bonds. The Hall–Kier alpha value is -3.62. The first-order chi connectivity index (χ1) is 16.4. The van der Waals surface area contributed by atoms with E-state index in [2.05, 4.69) is 9.97 Å². The summed E-state index contributed by atoms with van der Waals surface area (Å²) >= 11 is 0. The van der Waals surface area contributed by atoms with Crippen LogP contribution in [0.5, 0.6) is 11.5 Å². The molecule has 0 spiro atoms. The molecule has 3 aromatic rings. The van der Waals surface area contributed by atoms with Gasteiger partial charge in [-0.1, -0.05) is 13.0 Å². The highest BCUT2D eigenvalue weighted by Crippen LogP contribution is 2.40. The normalized spacial score (nSPS) is 13.2. The van der Waals surface area contributed by atoms with Crippen molar-refractivity contribution in [1.29, 1.82) is 0 Å². The molecule has 1 saturated carbocycles. The van der Waals surface area contributed by atoms with Gasteiger partial charge in [0.25, 0.3) is 11.5 Å². The summed E-state index contributed by atoms with van der Waals surface area (Å²) in [5.74, 6) is 1.16. The largest absolute Gasteiger partial charge is 0.493 e. The number of pyridine rings is 1. The third-order valence-electron chi connectivity index (χ3n) is 6.13. The van der Waals surface area contributed by atoms with Gasteiger partial charge in [-0.15, -0.1) is 0 Å². The summed E-state index contributed by atoms with van der Waals surface area (Å²) in [6.07, 6.45) is 2.66. The number of ether oxygens (including phenoxy) is 2. The van der Waals surface area contributed by atoms with Gasteiger partial charge in [0.1, 0.15) is 0 Å². The van der Waals surface area contributed by atoms with Gasteiger partial charge in [-0.05, 0) is 49.9 Å². The summed E-state index contributed by atoms with van der Waals surface area (Å²) in [5.41, 5.74) is 1.09. The number of methoxy groups -OCH3 is 2. The fraction of sp³-hybridized carbons (Fsp3) is 0.440. The smallest absolute Gasteiger partial charge is 0.329 e. The van der Waals surface area contributed by atoms with E-state index in [1.165, 1.54) is 4.57 Å². The van der Waals surface area contributed by atoms with E-state index in [0.29, 0.717) is 37.6 Å². The minimum absolute atomic E-state index is 0.160. The molecule has 0 unspecified atom stereocenters. The van der Waals surface area contributed by atoms with Crippen LogP contribution in [0.25, 0.3) is 11.0 Å². The van der Waals surface area contributed by atoms with Crippen molar-refractivity contribution in [3.63, 3.8) is 0 Å². The zero-order valence-electron chi connectivity index (χ0n) is 20.0. The second-order valence-corrected chi connectivity index (χ2v) is 8.49. The van der Waals surface area contributed by atoms with Crippen molar-refractivity contribution in [2.45, 2.75) is 52.1 Å². The number of aryl methyl sites for hydroxylation is 1. The molecule has 1 aliphatic rings. The van der Waals surface area contributed by atoms with Gasteiger partial charge < -0.3 is 14.4 Å². The Morgan fingerprint density at radius 1 is 1.15 bits per heavy atom. The fourth-order valence-electron chi connectivity index (χ4n) is 4.18. The summed E-state index contributed by atoms with van der Waals surface area (Å²) in [4.78, 5) is 47.9. The minimum atomic E-state index is -0.590. The average molecular weight is 467 g/mol. The Bertz CT molecular complexity index is 1340. The Balaban J connectivity index is 1.81. The van der Waals surface area contributed by atoms with E-state index in [1.54, 1.807) is 31.3 Å². The predicted molar refractivity (Wildman–Crippen MR) is 129 cm³/mol. The first kappa shape index (κ1) is 23.5. The highest BCUT2D eigenvalue weighted by molar-refractivity contribution is 6.05. The van der Waals surface area contributed by atoms with Crippen LogP contribution in [0.2, 0.25) is 0 Å². The van der Waals surface area contributed by atoms with Crippen molar-refractivity contribution < 1.29 is 14.3 Å². The Labute approximate surface area is 197 Å². The molecule has 2 aromatic heterocycles. The SMILES string of the molecule is CCCn1c(=O)[nH]c(=O)c2c(C(=O)N(CC)Cc3ccc(OC)c(OC)c3)cc(C3CC3)nc21. The van der Waals surface area contributed by atoms with Crippen LogP contribution in [-0.2, 0) is 13.1 Å². The lowest BCUT2D eigenvalue weighted by Gasteiger charge is -2.23. The molecule has 9 heteroatoms. The number of carbonyl (C=O) groups is 1. The molecule has 0 radical (unpaired) electrons. The van der Waals surface area contributed by atoms with E-state index in [-0.39, 0.29) is 28.4 Å². The summed E-state index contributed by atoms with van der Waals surface area (Å²) in [5, 5.41) is 0.160. The zero-order chi connectivity index (χ0) is 24.4. The first-order valence-corrected chi connectivity index (χ1v) is 11.6. The van der Waals surface area contributed by atoms with E-state index >= 15 is 0 Å². The number of nitrogens with one attached hydrogen (secondary N) is 1. The highest BCUT2D eigenvalue weighted by Gasteiger charge is 2.30. The number of carbonyl (C=O) groups excluding carboxylic acids is 1. The molecular formula is C25H30N4O5. The molecule has 1 aromatic carbocycles. The third kappa shape index (κ3) is 4.42. The molecule has 0 saturated heterocycles. The topological polar surface area (TPSA) is 107 Å². The monoisotopic (exact) mass is 466 g/mol. The van der Waals surface area contributed by atoms with Crippen LogP contribution in [0.3, 0.4) is 0 Å². The summed E-state index contributed by atoms with van der Waals surface area (Å²) < 4.78 is 12.2. The van der Waals surface area contributed by atoms with Gasteiger partial charge in [-0.25, -0.2) is 9.78 Å². The maximum atomic E-state index is 13.8. The van der Waals surface area contributed by atoms with Crippen molar-refractivity contribution in [2.24, 2.45) is 0 Å². The van der Waals surface area contributed by atoms with Gasteiger partial charge in [-0.3, -0.25) is 19.1 Å². The predicted octanol–water partition coefficient (Wildman–Crippen LogP) is 3.05. The number of aromatic nitrogens is 3. The summed E-state index contributed by atoms with van der Waals surface area (Å²) in [7, 11) is 3.13. The number of fused-ring (bicyclic) bond motifs is 1. The van der Waals surface area contributed by atoms with Crippen LogP contribution < -0.4 is 20.7 Å². The highest BCUT2D eigenvalue weighted by atomic mass is 16.5. The number of amides is 1. The number of H-pyrrole nitrogens is 1. The molecular weight excluding hydrogens is 436 g/mol. The molecule has 0 aliphatic heterocycles. The number of hydrogen-bond acceptors (Lipinski definition) is 6. The van der Waals surface area contributed by atoms with Crippen molar-refractivity contribution in [2.75, 3.05) is 20.8 Å². The standard InChI is InChI=1S/C25H30N4O5/c1-5-11-29-22-21(23(30)27-25(29)32)17(13-18(26-22)16-8-9-16)24(31)28(6-2)14-15-7-10-19(33-3)20(12-15)34-4/h7,10,12-13,16H,5-6,8-9,11,14H2,1-4H3,(H,27,30,32). The summed E-state index contributed by atoms with van der Waals surface area (Å²) in [6, 6.07) is 7.24. The van der Waals surface area contributed by atoms with Crippen LogP contribution in [-0.4, -0.2) is 46.1 Å². The molecule has 0 atom stereocenters. The van der Waals surface area contributed by atoms with Crippen molar-refractivity contribution in [3.05, 3.63) is 61.9 Å². The molecule has 4 rings (SSSR count). The molecule has 9 nitrogen and oxygen atoms in total. The van der Waals surface area contributed by atoms with Gasteiger partial charge in [0.15, 0.2) is 17.1 Å². The van der Waals surface area contributed by atoms with Crippen LogP contribution in [0.15, 0.2) is 33.9 Å². The van der Waals surface area contributed by atoms with Gasteiger partial charge >= 0.3 is 5.69 Å². The second kappa shape index (κ2) is 9.70. The van der Waals surface area contributed by atoms with Gasteiger partial charge in [0, 0.05) is 31.2 Å². The number of aromatic amines is 1. The van der Waals surface area contributed by atoms with E-state index in [1.807, 2.05) is 26.0 Å². The zero-order valence-corrected chi connectivity index (χ0v) is 20.0. The molecule has 1 N–H and O–H groups in total. The van der Waals surface area contributed by atoms with E-state index in [9.17, 15) is 14.4 Å². The number of rotatable bonds is 9. The van der Waals surface area contributed by atoms with Gasteiger partial charge in [0.2, 0.25) is 0 Å². The average Bonchev–Trinajstić information content (AvgIpc) is 3.69. The van der Waals surface area contributed by atoms with E-state index < -0.39 is 11.2 Å². The Morgan fingerprint density at radius 2 is 1.88 bits per heavy atom. The molecule has 2 heterocycles. The van der Waals surface area contributed by atoms with Crippen LogP contribution >= 0.6 is 0 Å². The molecule has 180 valence electrons. The molecule has 34 heavy (non-hydrogen) atoms. The lowest BCUT2D eigenvalue weighted by atomic mass is 10.1. The van der Waals surface area contributed by atoms with Crippen molar-refractivity contribution in [3.8, 4) is 11.5 Å². The molecule has 1 fully saturated rings.